The number of hydrogen-bond acceptors (Lipinski definition) is 5. The number of nitrogens with zero attached hydrogens (tertiary/aromatic N) is 1. The van der Waals surface area contributed by atoms with Crippen LogP contribution in [-0.4, -0.2) is 52.6 Å². The SMILES string of the molecule is CC(O)C(N)C(=O)N1C[C@@]2(CCCN2)C1=O.CCCCC. The van der Waals surface area contributed by atoms with Crippen molar-refractivity contribution in [2.45, 2.75) is 70.6 Å². The van der Waals surface area contributed by atoms with E-state index in [-0.39, 0.29) is 5.91 Å². The van der Waals surface area contributed by atoms with Crippen LogP contribution in [-0.2, 0) is 9.59 Å². The van der Waals surface area contributed by atoms with E-state index in [4.69, 9.17) is 5.73 Å². The van der Waals surface area contributed by atoms with Gasteiger partial charge in [0.25, 0.3) is 5.91 Å². The first kappa shape index (κ1) is 18.1. The number of amides is 2. The van der Waals surface area contributed by atoms with Crippen molar-refractivity contribution in [3.63, 3.8) is 0 Å². The summed E-state index contributed by atoms with van der Waals surface area (Å²) in [7, 11) is 0. The highest BCUT2D eigenvalue weighted by Gasteiger charge is 2.56. The molecule has 4 N–H and O–H groups in total. The number of aliphatic hydroxyl groups is 1. The van der Waals surface area contributed by atoms with Crippen LogP contribution >= 0.6 is 0 Å². The molecule has 2 unspecified atom stereocenters. The Kier molecular flexibility index (Phi) is 6.77. The molecule has 1 spiro atoms. The van der Waals surface area contributed by atoms with Crippen molar-refractivity contribution in [3.8, 4) is 0 Å². The smallest absolute Gasteiger partial charge is 0.251 e. The zero-order valence-electron chi connectivity index (χ0n) is 13.4. The largest absolute Gasteiger partial charge is 0.391 e. The van der Waals surface area contributed by atoms with Gasteiger partial charge in [-0.05, 0) is 26.3 Å². The van der Waals surface area contributed by atoms with Crippen LogP contribution < -0.4 is 11.1 Å². The van der Waals surface area contributed by atoms with E-state index in [0.717, 1.165) is 24.3 Å². The second-order valence-corrected chi connectivity index (χ2v) is 5.96. The molecular formula is C15H29N3O3. The van der Waals surface area contributed by atoms with E-state index in [1.807, 2.05) is 0 Å². The van der Waals surface area contributed by atoms with Crippen molar-refractivity contribution < 1.29 is 14.7 Å². The third-order valence-electron chi connectivity index (χ3n) is 4.10. The van der Waals surface area contributed by atoms with Crippen molar-refractivity contribution in [1.82, 2.24) is 10.2 Å². The Balaban J connectivity index is 0.000000383. The zero-order valence-corrected chi connectivity index (χ0v) is 13.4. The van der Waals surface area contributed by atoms with Gasteiger partial charge in [0.15, 0.2) is 0 Å². The lowest BCUT2D eigenvalue weighted by molar-refractivity contribution is -0.163. The molecule has 3 atom stereocenters. The van der Waals surface area contributed by atoms with Gasteiger partial charge in [-0.3, -0.25) is 14.5 Å². The van der Waals surface area contributed by atoms with E-state index in [0.29, 0.717) is 6.54 Å². The molecule has 6 heteroatoms. The number of carbonyl (C=O) groups excluding carboxylic acids is 2. The van der Waals surface area contributed by atoms with E-state index < -0.39 is 23.6 Å². The van der Waals surface area contributed by atoms with Gasteiger partial charge in [-0.2, -0.15) is 0 Å². The van der Waals surface area contributed by atoms with Crippen LogP contribution in [0.5, 0.6) is 0 Å². The minimum absolute atomic E-state index is 0.203. The Morgan fingerprint density at radius 1 is 1.48 bits per heavy atom. The van der Waals surface area contributed by atoms with Crippen LogP contribution in [0.1, 0.15) is 52.9 Å². The second kappa shape index (κ2) is 7.87. The van der Waals surface area contributed by atoms with Gasteiger partial charge >= 0.3 is 0 Å². The summed E-state index contributed by atoms with van der Waals surface area (Å²) >= 11 is 0. The van der Waals surface area contributed by atoms with Gasteiger partial charge < -0.3 is 16.2 Å². The summed E-state index contributed by atoms with van der Waals surface area (Å²) in [5, 5.41) is 12.3. The molecule has 0 aromatic carbocycles. The van der Waals surface area contributed by atoms with Gasteiger partial charge in [0.05, 0.1) is 12.6 Å². The lowest BCUT2D eigenvalue weighted by atomic mass is 9.86. The van der Waals surface area contributed by atoms with E-state index in [9.17, 15) is 14.7 Å². The first-order valence-electron chi connectivity index (χ1n) is 7.94. The highest BCUT2D eigenvalue weighted by molar-refractivity contribution is 6.07. The number of hydrogen-bond donors (Lipinski definition) is 3. The molecule has 6 nitrogen and oxygen atoms in total. The maximum atomic E-state index is 11.9. The predicted molar refractivity (Wildman–Crippen MR) is 81.5 cm³/mol. The average molecular weight is 299 g/mol. The summed E-state index contributed by atoms with van der Waals surface area (Å²) in [4.78, 5) is 24.7. The lowest BCUT2D eigenvalue weighted by Gasteiger charge is -2.46. The molecule has 2 fully saturated rings. The maximum absolute atomic E-state index is 11.9. The highest BCUT2D eigenvalue weighted by Crippen LogP contribution is 2.31. The predicted octanol–water partition coefficient (Wildman–Crippen LogP) is 0.382. The molecule has 0 bridgehead atoms. The Morgan fingerprint density at radius 2 is 2.10 bits per heavy atom. The molecule has 2 saturated heterocycles. The van der Waals surface area contributed by atoms with Crippen LogP contribution in [0.2, 0.25) is 0 Å². The lowest BCUT2D eigenvalue weighted by Crippen LogP contribution is -2.74. The summed E-state index contributed by atoms with van der Waals surface area (Å²) in [6, 6.07) is -1.01. The molecule has 122 valence electrons. The van der Waals surface area contributed by atoms with Crippen molar-refractivity contribution in [1.29, 1.82) is 0 Å². The zero-order chi connectivity index (χ0) is 16.0. The summed E-state index contributed by atoms with van der Waals surface area (Å²) in [6.07, 6.45) is 4.87. The highest BCUT2D eigenvalue weighted by atomic mass is 16.3. The van der Waals surface area contributed by atoms with Crippen molar-refractivity contribution in [2.24, 2.45) is 5.73 Å². The molecule has 0 aromatic rings. The fraction of sp³-hybridized carbons (Fsp3) is 0.867. The van der Waals surface area contributed by atoms with Crippen LogP contribution in [0.15, 0.2) is 0 Å². The molecule has 0 aliphatic carbocycles. The number of likely N-dealkylation sites (tertiary alicyclic amines) is 1. The molecule has 0 saturated carbocycles. The molecule has 0 aromatic heterocycles. The van der Waals surface area contributed by atoms with Crippen molar-refractivity contribution in [3.05, 3.63) is 0 Å². The molecule has 2 amide bonds. The monoisotopic (exact) mass is 299 g/mol. The molecular weight excluding hydrogens is 270 g/mol. The Morgan fingerprint density at radius 3 is 2.43 bits per heavy atom. The number of rotatable bonds is 4. The standard InChI is InChI=1S/C10H17N3O3.C5H12/c1-6(14)7(11)8(15)13-5-10(9(13)16)3-2-4-12-10;1-3-5-4-2/h6-7,12,14H,2-5,11H2,1H3;3-5H2,1-2H3/t6?,7?,10-;/m0./s1. The van der Waals surface area contributed by atoms with E-state index in [1.54, 1.807) is 0 Å². The second-order valence-electron chi connectivity index (χ2n) is 5.96. The molecule has 2 aliphatic heterocycles. The maximum Gasteiger partial charge on any atom is 0.251 e. The molecule has 21 heavy (non-hydrogen) atoms. The Labute approximate surface area is 127 Å². The summed E-state index contributed by atoms with van der Waals surface area (Å²) in [5.74, 6) is -0.689. The number of β-lactam (4-membered cyclic amide) rings is 1. The molecule has 2 rings (SSSR count). The number of aliphatic hydroxyl groups excluding tert-OH is 1. The normalized spacial score (nSPS) is 26.9. The Bertz CT molecular complexity index is 355. The Hall–Kier alpha value is -0.980. The topological polar surface area (TPSA) is 95.7 Å². The molecule has 2 aliphatic rings. The number of imide groups is 1. The van der Waals surface area contributed by atoms with Crippen LogP contribution in [0.25, 0.3) is 0 Å². The van der Waals surface area contributed by atoms with E-state index in [2.05, 4.69) is 19.2 Å². The third kappa shape index (κ3) is 4.02. The minimum Gasteiger partial charge on any atom is -0.391 e. The minimum atomic E-state index is -1.01. The van der Waals surface area contributed by atoms with Gasteiger partial charge in [0.1, 0.15) is 11.6 Å². The fourth-order valence-corrected chi connectivity index (χ4v) is 2.62. The van der Waals surface area contributed by atoms with Gasteiger partial charge in [-0.15, -0.1) is 0 Å². The van der Waals surface area contributed by atoms with Crippen molar-refractivity contribution in [2.75, 3.05) is 13.1 Å². The number of nitrogens with one attached hydrogen (secondary N) is 1. The molecule has 0 radical (unpaired) electrons. The fourth-order valence-electron chi connectivity index (χ4n) is 2.62. The first-order valence-corrected chi connectivity index (χ1v) is 7.94. The van der Waals surface area contributed by atoms with E-state index in [1.165, 1.54) is 26.2 Å². The summed E-state index contributed by atoms with van der Waals surface area (Å²) in [6.45, 7) is 7.06. The van der Waals surface area contributed by atoms with Gasteiger partial charge in [-0.25, -0.2) is 0 Å². The van der Waals surface area contributed by atoms with Crippen LogP contribution in [0.3, 0.4) is 0 Å². The number of unbranched alkanes of at least 4 members (excludes halogenated alkanes) is 2. The van der Waals surface area contributed by atoms with Gasteiger partial charge in [-0.1, -0.05) is 33.1 Å². The summed E-state index contributed by atoms with van der Waals surface area (Å²) < 4.78 is 0. The van der Waals surface area contributed by atoms with Gasteiger partial charge in [0, 0.05) is 0 Å². The van der Waals surface area contributed by atoms with Gasteiger partial charge in [0.2, 0.25) is 5.91 Å². The third-order valence-corrected chi connectivity index (χ3v) is 4.10. The van der Waals surface area contributed by atoms with E-state index >= 15 is 0 Å². The average Bonchev–Trinajstić information content (AvgIpc) is 2.96. The first-order chi connectivity index (χ1) is 9.89. The van der Waals surface area contributed by atoms with Crippen LogP contribution in [0, 0.1) is 0 Å². The number of carbonyl (C=O) groups is 2. The van der Waals surface area contributed by atoms with Crippen molar-refractivity contribution >= 4 is 11.8 Å². The quantitative estimate of drug-likeness (QED) is 0.652. The molecule has 2 heterocycles. The summed E-state index contributed by atoms with van der Waals surface area (Å²) in [5.41, 5.74) is 4.99. The van der Waals surface area contributed by atoms with Crippen LogP contribution in [0.4, 0.5) is 0 Å². The number of nitrogens with two attached hydrogens (primary N) is 1.